The lowest BCUT2D eigenvalue weighted by Gasteiger charge is -2.25. The summed E-state index contributed by atoms with van der Waals surface area (Å²) in [5, 5.41) is 0. The molecule has 1 heterocycles. The number of ether oxygens (including phenoxy) is 1. The predicted molar refractivity (Wildman–Crippen MR) is 69.0 cm³/mol. The summed E-state index contributed by atoms with van der Waals surface area (Å²) in [5.41, 5.74) is 5.31. The molecule has 102 valence electrons. The van der Waals surface area contributed by atoms with Crippen LogP contribution in [0.5, 0.6) is 0 Å². The van der Waals surface area contributed by atoms with Crippen molar-refractivity contribution in [1.82, 2.24) is 4.90 Å². The quantitative estimate of drug-likeness (QED) is 0.745. The second kappa shape index (κ2) is 7.18. The molecule has 0 saturated carbocycles. The molecule has 2 N–H and O–H groups in total. The zero-order valence-electron chi connectivity index (χ0n) is 11.3. The van der Waals surface area contributed by atoms with Crippen molar-refractivity contribution in [2.45, 2.75) is 33.4 Å². The van der Waals surface area contributed by atoms with Gasteiger partial charge in [-0.25, -0.2) is 0 Å². The van der Waals surface area contributed by atoms with Gasteiger partial charge in [0.05, 0.1) is 13.2 Å². The second-order valence-corrected chi connectivity index (χ2v) is 4.47. The molecule has 0 radical (unpaired) electrons. The van der Waals surface area contributed by atoms with Crippen molar-refractivity contribution in [2.75, 3.05) is 19.8 Å². The lowest BCUT2D eigenvalue weighted by Crippen LogP contribution is -2.39. The molecule has 5 nitrogen and oxygen atoms in total. The molecule has 1 aromatic rings. The molecule has 0 aromatic carbocycles. The van der Waals surface area contributed by atoms with Crippen LogP contribution in [0.25, 0.3) is 0 Å². The molecule has 5 heteroatoms. The summed E-state index contributed by atoms with van der Waals surface area (Å²) < 4.78 is 10.7. The topological polar surface area (TPSA) is 68.7 Å². The van der Waals surface area contributed by atoms with E-state index in [1.54, 1.807) is 4.90 Å². The molecule has 0 atom stereocenters. The Kier molecular flexibility index (Phi) is 5.88. The maximum atomic E-state index is 12.0. The SMILES string of the molecule is Cc1ccc(CN(C(=O)COCCN)C(C)C)o1. The zero-order chi connectivity index (χ0) is 13.5. The van der Waals surface area contributed by atoms with Gasteiger partial charge in [-0.3, -0.25) is 4.79 Å². The van der Waals surface area contributed by atoms with E-state index in [9.17, 15) is 4.79 Å². The highest BCUT2D eigenvalue weighted by molar-refractivity contribution is 5.77. The van der Waals surface area contributed by atoms with Crippen LogP contribution < -0.4 is 5.73 Å². The zero-order valence-corrected chi connectivity index (χ0v) is 11.3. The molecule has 0 saturated heterocycles. The Labute approximate surface area is 108 Å². The van der Waals surface area contributed by atoms with Crippen LogP contribution in [-0.4, -0.2) is 36.6 Å². The Morgan fingerprint density at radius 1 is 1.50 bits per heavy atom. The molecule has 0 spiro atoms. The Bertz CT molecular complexity index is 374. The Hall–Kier alpha value is -1.33. The highest BCUT2D eigenvalue weighted by Gasteiger charge is 2.18. The van der Waals surface area contributed by atoms with Gasteiger partial charge in [0, 0.05) is 12.6 Å². The largest absolute Gasteiger partial charge is 0.464 e. The molecular weight excluding hydrogens is 232 g/mol. The van der Waals surface area contributed by atoms with Gasteiger partial charge in [-0.15, -0.1) is 0 Å². The fourth-order valence-corrected chi connectivity index (χ4v) is 1.62. The van der Waals surface area contributed by atoms with E-state index in [1.165, 1.54) is 0 Å². The van der Waals surface area contributed by atoms with Gasteiger partial charge in [-0.1, -0.05) is 0 Å². The minimum Gasteiger partial charge on any atom is -0.464 e. The number of furan rings is 1. The van der Waals surface area contributed by atoms with Gasteiger partial charge in [0.1, 0.15) is 18.1 Å². The van der Waals surface area contributed by atoms with Crippen LogP contribution in [0.2, 0.25) is 0 Å². The molecule has 0 unspecified atom stereocenters. The van der Waals surface area contributed by atoms with Crippen LogP contribution in [0.15, 0.2) is 16.5 Å². The highest BCUT2D eigenvalue weighted by atomic mass is 16.5. The number of hydrogen-bond acceptors (Lipinski definition) is 4. The first-order valence-corrected chi connectivity index (χ1v) is 6.17. The molecule has 0 aliphatic heterocycles. The van der Waals surface area contributed by atoms with Gasteiger partial charge < -0.3 is 19.8 Å². The summed E-state index contributed by atoms with van der Waals surface area (Å²) in [7, 11) is 0. The molecule has 18 heavy (non-hydrogen) atoms. The van der Waals surface area contributed by atoms with Crippen LogP contribution >= 0.6 is 0 Å². The average molecular weight is 254 g/mol. The third kappa shape index (κ3) is 4.50. The minimum atomic E-state index is -0.0486. The maximum absolute atomic E-state index is 12.0. The van der Waals surface area contributed by atoms with Crippen molar-refractivity contribution in [1.29, 1.82) is 0 Å². The maximum Gasteiger partial charge on any atom is 0.249 e. The smallest absolute Gasteiger partial charge is 0.249 e. The third-order valence-electron chi connectivity index (χ3n) is 2.55. The number of nitrogens with zero attached hydrogens (tertiary/aromatic N) is 1. The third-order valence-corrected chi connectivity index (χ3v) is 2.55. The van der Waals surface area contributed by atoms with Crippen LogP contribution in [0.1, 0.15) is 25.4 Å². The van der Waals surface area contributed by atoms with Crippen molar-refractivity contribution in [3.63, 3.8) is 0 Å². The van der Waals surface area contributed by atoms with E-state index in [1.807, 2.05) is 32.9 Å². The van der Waals surface area contributed by atoms with Crippen LogP contribution in [-0.2, 0) is 16.1 Å². The lowest BCUT2D eigenvalue weighted by molar-refractivity contribution is -0.138. The Morgan fingerprint density at radius 3 is 2.72 bits per heavy atom. The van der Waals surface area contributed by atoms with E-state index < -0.39 is 0 Å². The molecule has 1 aromatic heterocycles. The van der Waals surface area contributed by atoms with Gasteiger partial charge in [0.15, 0.2) is 0 Å². The van der Waals surface area contributed by atoms with Crippen molar-refractivity contribution < 1.29 is 13.9 Å². The van der Waals surface area contributed by atoms with Crippen molar-refractivity contribution in [3.05, 3.63) is 23.7 Å². The summed E-state index contributed by atoms with van der Waals surface area (Å²) in [5.74, 6) is 1.58. The van der Waals surface area contributed by atoms with Gasteiger partial charge in [-0.05, 0) is 32.9 Å². The lowest BCUT2D eigenvalue weighted by atomic mass is 10.3. The molecule has 0 fully saturated rings. The Balaban J connectivity index is 2.56. The van der Waals surface area contributed by atoms with Crippen molar-refractivity contribution in [2.24, 2.45) is 5.73 Å². The normalized spacial score (nSPS) is 10.9. The summed E-state index contributed by atoms with van der Waals surface area (Å²) in [6.07, 6.45) is 0. The van der Waals surface area contributed by atoms with E-state index in [4.69, 9.17) is 14.9 Å². The fourth-order valence-electron chi connectivity index (χ4n) is 1.62. The second-order valence-electron chi connectivity index (χ2n) is 4.47. The first-order chi connectivity index (χ1) is 8.54. The fraction of sp³-hybridized carbons (Fsp3) is 0.615. The van der Waals surface area contributed by atoms with E-state index in [0.29, 0.717) is 19.7 Å². The van der Waals surface area contributed by atoms with Crippen LogP contribution in [0.3, 0.4) is 0 Å². The predicted octanol–water partition coefficient (Wildman–Crippen LogP) is 1.30. The number of nitrogens with two attached hydrogens (primary N) is 1. The molecule has 0 aliphatic rings. The molecular formula is C13H22N2O3. The average Bonchev–Trinajstić information content (AvgIpc) is 2.71. The summed E-state index contributed by atoms with van der Waals surface area (Å²) in [6, 6.07) is 3.88. The van der Waals surface area contributed by atoms with Gasteiger partial charge in [0.25, 0.3) is 0 Å². The molecule has 1 amide bonds. The number of rotatable bonds is 7. The van der Waals surface area contributed by atoms with E-state index >= 15 is 0 Å². The van der Waals surface area contributed by atoms with Crippen molar-refractivity contribution >= 4 is 5.91 Å². The number of amides is 1. The summed E-state index contributed by atoms with van der Waals surface area (Å²) in [4.78, 5) is 13.7. The van der Waals surface area contributed by atoms with Crippen LogP contribution in [0.4, 0.5) is 0 Å². The Morgan fingerprint density at radius 2 is 2.22 bits per heavy atom. The molecule has 0 bridgehead atoms. The number of carbonyl (C=O) groups excluding carboxylic acids is 1. The van der Waals surface area contributed by atoms with Crippen molar-refractivity contribution in [3.8, 4) is 0 Å². The van der Waals surface area contributed by atoms with E-state index in [2.05, 4.69) is 0 Å². The summed E-state index contributed by atoms with van der Waals surface area (Å²) in [6.45, 7) is 7.18. The van der Waals surface area contributed by atoms with E-state index in [-0.39, 0.29) is 18.6 Å². The van der Waals surface area contributed by atoms with Gasteiger partial charge >= 0.3 is 0 Å². The highest BCUT2D eigenvalue weighted by Crippen LogP contribution is 2.12. The van der Waals surface area contributed by atoms with Crippen LogP contribution in [0, 0.1) is 6.92 Å². The van der Waals surface area contributed by atoms with Gasteiger partial charge in [0.2, 0.25) is 5.91 Å². The first kappa shape index (κ1) is 14.7. The van der Waals surface area contributed by atoms with E-state index in [0.717, 1.165) is 11.5 Å². The number of hydrogen-bond donors (Lipinski definition) is 1. The monoisotopic (exact) mass is 254 g/mol. The first-order valence-electron chi connectivity index (χ1n) is 6.17. The molecule has 1 rings (SSSR count). The standard InChI is InChI=1S/C13H22N2O3/c1-10(2)15(13(16)9-17-7-6-14)8-12-5-4-11(3)18-12/h4-5,10H,6-9,14H2,1-3H3. The number of aryl methyl sites for hydroxylation is 1. The summed E-state index contributed by atoms with van der Waals surface area (Å²) >= 11 is 0. The minimum absolute atomic E-state index is 0.0486. The number of carbonyl (C=O) groups is 1. The van der Waals surface area contributed by atoms with Gasteiger partial charge in [-0.2, -0.15) is 0 Å². The molecule has 0 aliphatic carbocycles.